The summed E-state index contributed by atoms with van der Waals surface area (Å²) in [5.74, 6) is -1.37. The van der Waals surface area contributed by atoms with Crippen molar-refractivity contribution in [1.29, 1.82) is 0 Å². The standard InChI is InChI=1S/C9H12N2O6S2/c1-7-6-8(2-3-9(7)11(12)13)18(14,15)4-5-19(10,16)17/h2-3,6H,4-5H2,1H3,(H2,10,16,17). The second-order valence-corrected chi connectivity index (χ2v) is 7.73. The fourth-order valence-corrected chi connectivity index (χ4v) is 4.04. The molecule has 0 amide bonds. The molecular weight excluding hydrogens is 296 g/mol. The number of nitro benzene ring substituents is 1. The Labute approximate surface area is 110 Å². The average molecular weight is 308 g/mol. The van der Waals surface area contributed by atoms with Crippen molar-refractivity contribution in [1.82, 2.24) is 0 Å². The number of hydrogen-bond donors (Lipinski definition) is 1. The second-order valence-electron chi connectivity index (χ2n) is 3.89. The number of aryl methyl sites for hydroxylation is 1. The zero-order chi connectivity index (χ0) is 14.8. The van der Waals surface area contributed by atoms with Crippen LogP contribution in [-0.2, 0) is 19.9 Å². The third-order valence-corrected chi connectivity index (χ3v) is 5.11. The number of hydrogen-bond acceptors (Lipinski definition) is 6. The molecule has 0 bridgehead atoms. The first-order chi connectivity index (χ1) is 8.53. The number of nitrogens with two attached hydrogens (primary N) is 1. The lowest BCUT2D eigenvalue weighted by atomic mass is 10.2. The number of benzene rings is 1. The molecule has 0 aliphatic carbocycles. The highest BCUT2D eigenvalue weighted by atomic mass is 32.2. The van der Waals surface area contributed by atoms with Crippen LogP contribution in [0.3, 0.4) is 0 Å². The first kappa shape index (κ1) is 15.5. The number of nitrogens with zero attached hydrogens (tertiary/aromatic N) is 1. The second kappa shape index (κ2) is 5.23. The Balaban J connectivity index is 3.10. The highest BCUT2D eigenvalue weighted by molar-refractivity contribution is 7.94. The van der Waals surface area contributed by atoms with Crippen molar-refractivity contribution in [3.8, 4) is 0 Å². The lowest BCUT2D eigenvalue weighted by molar-refractivity contribution is -0.385. The summed E-state index contributed by atoms with van der Waals surface area (Å²) in [6, 6.07) is 3.28. The van der Waals surface area contributed by atoms with Crippen molar-refractivity contribution >= 4 is 25.5 Å². The first-order valence-corrected chi connectivity index (χ1v) is 8.38. The Bertz CT molecular complexity index is 708. The predicted molar refractivity (Wildman–Crippen MR) is 67.9 cm³/mol. The summed E-state index contributed by atoms with van der Waals surface area (Å²) in [7, 11) is -7.72. The van der Waals surface area contributed by atoms with Crippen molar-refractivity contribution in [2.75, 3.05) is 11.5 Å². The maximum absolute atomic E-state index is 11.8. The third-order valence-electron chi connectivity index (χ3n) is 2.36. The Morgan fingerprint density at radius 1 is 1.21 bits per heavy atom. The van der Waals surface area contributed by atoms with Gasteiger partial charge in [0.05, 0.1) is 21.3 Å². The van der Waals surface area contributed by atoms with Gasteiger partial charge < -0.3 is 0 Å². The summed E-state index contributed by atoms with van der Waals surface area (Å²) in [6.07, 6.45) is 0. The Hall–Kier alpha value is -1.52. The van der Waals surface area contributed by atoms with Crippen LogP contribution in [0.15, 0.2) is 23.1 Å². The van der Waals surface area contributed by atoms with Crippen LogP contribution in [-0.4, -0.2) is 33.3 Å². The maximum Gasteiger partial charge on any atom is 0.272 e. The first-order valence-electron chi connectivity index (χ1n) is 5.01. The van der Waals surface area contributed by atoms with Crippen LogP contribution in [0.1, 0.15) is 5.56 Å². The lowest BCUT2D eigenvalue weighted by Gasteiger charge is -2.05. The van der Waals surface area contributed by atoms with E-state index in [1.807, 2.05) is 0 Å². The molecule has 0 saturated heterocycles. The monoisotopic (exact) mass is 308 g/mol. The van der Waals surface area contributed by atoms with Gasteiger partial charge in [-0.15, -0.1) is 0 Å². The van der Waals surface area contributed by atoms with Crippen molar-refractivity contribution in [3.05, 3.63) is 33.9 Å². The molecular formula is C9H12N2O6S2. The molecule has 1 rings (SSSR count). The maximum atomic E-state index is 11.8. The number of nitro groups is 1. The van der Waals surface area contributed by atoms with E-state index in [0.29, 0.717) is 0 Å². The molecule has 0 fully saturated rings. The van der Waals surface area contributed by atoms with Gasteiger partial charge in [-0.2, -0.15) is 0 Å². The Morgan fingerprint density at radius 2 is 1.79 bits per heavy atom. The molecule has 1 aromatic rings. The highest BCUT2D eigenvalue weighted by Gasteiger charge is 2.20. The molecule has 2 N–H and O–H groups in total. The van der Waals surface area contributed by atoms with Crippen LogP contribution in [0, 0.1) is 17.0 Å². The number of rotatable bonds is 5. The fourth-order valence-electron chi connectivity index (χ4n) is 1.37. The van der Waals surface area contributed by atoms with E-state index >= 15 is 0 Å². The molecule has 1 aromatic carbocycles. The summed E-state index contributed by atoms with van der Waals surface area (Å²) in [5, 5.41) is 15.3. The molecule has 0 heterocycles. The highest BCUT2D eigenvalue weighted by Crippen LogP contribution is 2.22. The van der Waals surface area contributed by atoms with E-state index in [2.05, 4.69) is 0 Å². The van der Waals surface area contributed by atoms with Gasteiger partial charge in [0, 0.05) is 11.6 Å². The van der Waals surface area contributed by atoms with Crippen molar-refractivity contribution in [3.63, 3.8) is 0 Å². The molecule has 0 unspecified atom stereocenters. The zero-order valence-corrected chi connectivity index (χ0v) is 11.6. The van der Waals surface area contributed by atoms with Crippen LogP contribution in [0.5, 0.6) is 0 Å². The van der Waals surface area contributed by atoms with E-state index < -0.39 is 36.3 Å². The van der Waals surface area contributed by atoms with Crippen molar-refractivity contribution in [2.45, 2.75) is 11.8 Å². The summed E-state index contributed by atoms with van der Waals surface area (Å²) in [4.78, 5) is 9.80. The largest absolute Gasteiger partial charge is 0.272 e. The SMILES string of the molecule is Cc1cc(S(=O)(=O)CCS(N)(=O)=O)ccc1[N+](=O)[O-]. The van der Waals surface area contributed by atoms with E-state index in [1.165, 1.54) is 6.92 Å². The third kappa shape index (κ3) is 4.26. The molecule has 106 valence electrons. The normalized spacial score (nSPS) is 12.3. The van der Waals surface area contributed by atoms with E-state index in [0.717, 1.165) is 18.2 Å². The number of primary sulfonamides is 1. The van der Waals surface area contributed by atoms with Crippen molar-refractivity contribution < 1.29 is 21.8 Å². The van der Waals surface area contributed by atoms with Crippen LogP contribution >= 0.6 is 0 Å². The molecule has 8 nitrogen and oxygen atoms in total. The number of sulfonamides is 1. The summed E-state index contributed by atoms with van der Waals surface area (Å²) in [5.41, 5.74) is -0.0212. The predicted octanol–water partition coefficient (Wildman–Crippen LogP) is -0.0346. The van der Waals surface area contributed by atoms with Gasteiger partial charge in [0.15, 0.2) is 9.84 Å². The summed E-state index contributed by atoms with van der Waals surface area (Å²) >= 11 is 0. The van der Waals surface area contributed by atoms with Gasteiger partial charge in [-0.25, -0.2) is 22.0 Å². The summed E-state index contributed by atoms with van der Waals surface area (Å²) in [6.45, 7) is 1.40. The van der Waals surface area contributed by atoms with E-state index in [9.17, 15) is 26.9 Å². The molecule has 0 spiro atoms. The van der Waals surface area contributed by atoms with Gasteiger partial charge in [-0.05, 0) is 19.1 Å². The molecule has 19 heavy (non-hydrogen) atoms. The fraction of sp³-hybridized carbons (Fsp3) is 0.333. The molecule has 0 atom stereocenters. The lowest BCUT2D eigenvalue weighted by Crippen LogP contribution is -2.23. The van der Waals surface area contributed by atoms with Crippen LogP contribution in [0.4, 0.5) is 5.69 Å². The quantitative estimate of drug-likeness (QED) is 0.598. The van der Waals surface area contributed by atoms with Gasteiger partial charge in [0.2, 0.25) is 10.0 Å². The zero-order valence-electron chi connectivity index (χ0n) is 9.94. The average Bonchev–Trinajstić information content (AvgIpc) is 2.25. The van der Waals surface area contributed by atoms with Gasteiger partial charge in [0.25, 0.3) is 5.69 Å². The molecule has 0 radical (unpaired) electrons. The number of sulfone groups is 1. The molecule has 0 saturated carbocycles. The molecule has 0 aliphatic heterocycles. The van der Waals surface area contributed by atoms with Crippen LogP contribution in [0.2, 0.25) is 0 Å². The molecule has 0 aromatic heterocycles. The van der Waals surface area contributed by atoms with E-state index in [4.69, 9.17) is 5.14 Å². The van der Waals surface area contributed by atoms with Crippen molar-refractivity contribution in [2.24, 2.45) is 5.14 Å². The Morgan fingerprint density at radius 3 is 2.21 bits per heavy atom. The van der Waals surface area contributed by atoms with Gasteiger partial charge >= 0.3 is 0 Å². The minimum absolute atomic E-state index is 0.167. The Kier molecular flexibility index (Phi) is 4.28. The molecule has 10 heteroatoms. The minimum Gasteiger partial charge on any atom is -0.258 e. The van der Waals surface area contributed by atoms with E-state index in [1.54, 1.807) is 0 Å². The molecule has 0 aliphatic rings. The topological polar surface area (TPSA) is 137 Å². The minimum atomic E-state index is -3.88. The van der Waals surface area contributed by atoms with Crippen LogP contribution in [0.25, 0.3) is 0 Å². The van der Waals surface area contributed by atoms with Crippen LogP contribution < -0.4 is 5.14 Å². The summed E-state index contributed by atoms with van der Waals surface area (Å²) < 4.78 is 45.1. The van der Waals surface area contributed by atoms with Gasteiger partial charge in [-0.1, -0.05) is 0 Å². The smallest absolute Gasteiger partial charge is 0.258 e. The van der Waals surface area contributed by atoms with Gasteiger partial charge in [-0.3, -0.25) is 10.1 Å². The van der Waals surface area contributed by atoms with E-state index in [-0.39, 0.29) is 16.1 Å². The van der Waals surface area contributed by atoms with Gasteiger partial charge in [0.1, 0.15) is 0 Å².